The van der Waals surface area contributed by atoms with Gasteiger partial charge < -0.3 is 4.74 Å². The van der Waals surface area contributed by atoms with Gasteiger partial charge in [-0.2, -0.15) is 5.10 Å². The minimum atomic E-state index is 0.0194. The normalized spacial score (nSPS) is 14.9. The molecule has 2 rings (SSSR count). The van der Waals surface area contributed by atoms with Crippen molar-refractivity contribution in [1.29, 1.82) is 0 Å². The Labute approximate surface area is 132 Å². The molecule has 0 saturated heterocycles. The van der Waals surface area contributed by atoms with Crippen LogP contribution in [0.5, 0.6) is 5.75 Å². The van der Waals surface area contributed by atoms with Crippen molar-refractivity contribution in [2.24, 2.45) is 5.10 Å². The highest BCUT2D eigenvalue weighted by molar-refractivity contribution is 6.05. The predicted molar refractivity (Wildman–Crippen MR) is 89.4 cm³/mol. The Bertz CT molecular complexity index is 538. The summed E-state index contributed by atoms with van der Waals surface area (Å²) in [6.45, 7) is 2.19. The number of hydrogen-bond donors (Lipinski definition) is 1. The van der Waals surface area contributed by atoms with Crippen LogP contribution in [-0.2, 0) is 11.2 Å². The van der Waals surface area contributed by atoms with E-state index in [1.807, 2.05) is 18.2 Å². The summed E-state index contributed by atoms with van der Waals surface area (Å²) in [5.74, 6) is 0.891. The molecule has 4 heteroatoms. The number of ether oxygens (including phenoxy) is 1. The summed E-state index contributed by atoms with van der Waals surface area (Å²) < 4.78 is 5.24. The Kier molecular flexibility index (Phi) is 6.44. The molecule has 0 atom stereocenters. The third kappa shape index (κ3) is 4.58. The van der Waals surface area contributed by atoms with E-state index < -0.39 is 0 Å². The summed E-state index contributed by atoms with van der Waals surface area (Å²) in [6, 6.07) is 6.01. The van der Waals surface area contributed by atoms with Gasteiger partial charge in [0.15, 0.2) is 0 Å². The number of nitrogens with one attached hydrogen (secondary N) is 1. The number of carbonyl (C=O) groups excluding carboxylic acids is 1. The van der Waals surface area contributed by atoms with Crippen molar-refractivity contribution in [3.05, 3.63) is 29.3 Å². The van der Waals surface area contributed by atoms with Crippen molar-refractivity contribution in [3.8, 4) is 5.75 Å². The molecule has 0 unspecified atom stereocenters. The van der Waals surface area contributed by atoms with Crippen molar-refractivity contribution < 1.29 is 9.53 Å². The van der Waals surface area contributed by atoms with Crippen molar-refractivity contribution in [2.45, 2.75) is 58.3 Å². The van der Waals surface area contributed by atoms with E-state index in [-0.39, 0.29) is 5.91 Å². The molecule has 0 spiro atoms. The molecule has 120 valence electrons. The lowest BCUT2D eigenvalue weighted by Gasteiger charge is -2.04. The van der Waals surface area contributed by atoms with Crippen LogP contribution in [0.15, 0.2) is 23.3 Å². The number of unbranched alkanes of at least 4 members (excludes halogenated alkanes) is 4. The van der Waals surface area contributed by atoms with Crippen LogP contribution in [0.25, 0.3) is 0 Å². The van der Waals surface area contributed by atoms with Gasteiger partial charge in [-0.15, -0.1) is 0 Å². The molecule has 0 fully saturated rings. The molecule has 1 aromatic rings. The summed E-state index contributed by atoms with van der Waals surface area (Å²) in [5, 5.41) is 4.31. The van der Waals surface area contributed by atoms with Crippen LogP contribution in [0.2, 0.25) is 0 Å². The number of carbonyl (C=O) groups is 1. The Morgan fingerprint density at radius 2 is 2.05 bits per heavy atom. The lowest BCUT2D eigenvalue weighted by atomic mass is 10.1. The molecule has 1 N–H and O–H groups in total. The smallest absolute Gasteiger partial charge is 0.240 e. The van der Waals surface area contributed by atoms with E-state index in [9.17, 15) is 4.79 Å². The summed E-state index contributed by atoms with van der Waals surface area (Å²) in [7, 11) is 1.67. The van der Waals surface area contributed by atoms with Crippen molar-refractivity contribution in [1.82, 2.24) is 5.43 Å². The number of aryl methyl sites for hydroxylation is 1. The van der Waals surface area contributed by atoms with E-state index in [2.05, 4.69) is 17.5 Å². The number of rotatable bonds is 8. The summed E-state index contributed by atoms with van der Waals surface area (Å²) in [4.78, 5) is 11.8. The van der Waals surface area contributed by atoms with Crippen LogP contribution >= 0.6 is 0 Å². The van der Waals surface area contributed by atoms with Gasteiger partial charge in [0, 0.05) is 12.0 Å². The number of amides is 1. The molecule has 0 heterocycles. The highest BCUT2D eigenvalue weighted by Gasteiger charge is 2.18. The maximum absolute atomic E-state index is 11.8. The fourth-order valence-electron chi connectivity index (χ4n) is 2.76. The van der Waals surface area contributed by atoms with Gasteiger partial charge in [-0.3, -0.25) is 4.79 Å². The van der Waals surface area contributed by atoms with E-state index in [1.165, 1.54) is 24.8 Å². The molecular weight excluding hydrogens is 276 g/mol. The lowest BCUT2D eigenvalue weighted by molar-refractivity contribution is -0.121. The zero-order chi connectivity index (χ0) is 15.8. The average molecular weight is 302 g/mol. The third-order valence-electron chi connectivity index (χ3n) is 4.08. The van der Waals surface area contributed by atoms with Gasteiger partial charge in [0.1, 0.15) is 5.75 Å². The maximum atomic E-state index is 11.8. The van der Waals surface area contributed by atoms with Gasteiger partial charge in [-0.25, -0.2) is 5.43 Å². The van der Waals surface area contributed by atoms with Crippen LogP contribution in [0, 0.1) is 0 Å². The predicted octanol–water partition coefficient (Wildman–Crippen LogP) is 3.82. The largest absolute Gasteiger partial charge is 0.497 e. The van der Waals surface area contributed by atoms with Crippen LogP contribution in [0.1, 0.15) is 63.0 Å². The molecule has 1 aromatic carbocycles. The molecule has 0 aliphatic heterocycles. The Balaban J connectivity index is 1.81. The maximum Gasteiger partial charge on any atom is 0.240 e. The summed E-state index contributed by atoms with van der Waals surface area (Å²) in [6.07, 6.45) is 8.17. The number of nitrogens with zero attached hydrogens (tertiary/aromatic N) is 1. The first-order valence-corrected chi connectivity index (χ1v) is 8.27. The molecule has 0 saturated carbocycles. The standard InChI is InChI=1S/C18H26N2O2/c1-3-4-5-6-7-8-18(21)20-19-17-12-9-14-13-15(22-2)10-11-16(14)17/h10-11,13H,3-9,12H2,1-2H3,(H,20,21)/b19-17-. The monoisotopic (exact) mass is 302 g/mol. The highest BCUT2D eigenvalue weighted by atomic mass is 16.5. The van der Waals surface area contributed by atoms with Gasteiger partial charge in [-0.1, -0.05) is 32.6 Å². The molecule has 4 nitrogen and oxygen atoms in total. The Morgan fingerprint density at radius 3 is 2.82 bits per heavy atom. The first-order valence-electron chi connectivity index (χ1n) is 8.27. The number of fused-ring (bicyclic) bond motifs is 1. The zero-order valence-corrected chi connectivity index (χ0v) is 13.7. The average Bonchev–Trinajstić information content (AvgIpc) is 2.94. The highest BCUT2D eigenvalue weighted by Crippen LogP contribution is 2.26. The lowest BCUT2D eigenvalue weighted by Crippen LogP contribution is -2.19. The first-order chi connectivity index (χ1) is 10.7. The minimum absolute atomic E-state index is 0.0194. The number of benzene rings is 1. The molecular formula is C18H26N2O2. The van der Waals surface area contributed by atoms with Crippen LogP contribution in [0.4, 0.5) is 0 Å². The SMILES string of the molecule is CCCCCCCC(=O)N/N=C1/CCc2cc(OC)ccc21. The van der Waals surface area contributed by atoms with Gasteiger partial charge in [0.05, 0.1) is 12.8 Å². The van der Waals surface area contributed by atoms with Crippen LogP contribution < -0.4 is 10.2 Å². The van der Waals surface area contributed by atoms with Gasteiger partial charge in [-0.05, 0) is 43.0 Å². The van der Waals surface area contributed by atoms with Crippen molar-refractivity contribution in [2.75, 3.05) is 7.11 Å². The molecule has 1 amide bonds. The van der Waals surface area contributed by atoms with Gasteiger partial charge >= 0.3 is 0 Å². The number of hydrazone groups is 1. The molecule has 0 radical (unpaired) electrons. The second-order valence-electron chi connectivity index (χ2n) is 5.78. The van der Waals surface area contributed by atoms with E-state index in [4.69, 9.17) is 4.74 Å². The summed E-state index contributed by atoms with van der Waals surface area (Å²) >= 11 is 0. The van der Waals surface area contributed by atoms with E-state index in [0.29, 0.717) is 6.42 Å². The van der Waals surface area contributed by atoms with E-state index >= 15 is 0 Å². The molecule has 1 aliphatic carbocycles. The van der Waals surface area contributed by atoms with E-state index in [1.54, 1.807) is 7.11 Å². The van der Waals surface area contributed by atoms with Gasteiger partial charge in [0.25, 0.3) is 0 Å². The van der Waals surface area contributed by atoms with Crippen molar-refractivity contribution >= 4 is 11.6 Å². The summed E-state index contributed by atoms with van der Waals surface area (Å²) in [5.41, 5.74) is 6.04. The second kappa shape index (κ2) is 8.57. The fourth-order valence-corrected chi connectivity index (χ4v) is 2.76. The van der Waals surface area contributed by atoms with Gasteiger partial charge in [0.2, 0.25) is 5.91 Å². The molecule has 0 aromatic heterocycles. The molecule has 22 heavy (non-hydrogen) atoms. The Morgan fingerprint density at radius 1 is 1.23 bits per heavy atom. The number of hydrogen-bond acceptors (Lipinski definition) is 3. The van der Waals surface area contributed by atoms with Crippen molar-refractivity contribution in [3.63, 3.8) is 0 Å². The first kappa shape index (κ1) is 16.5. The second-order valence-corrected chi connectivity index (χ2v) is 5.78. The quantitative estimate of drug-likeness (QED) is 0.586. The topological polar surface area (TPSA) is 50.7 Å². The minimum Gasteiger partial charge on any atom is -0.497 e. The van der Waals surface area contributed by atoms with Crippen LogP contribution in [-0.4, -0.2) is 18.7 Å². The van der Waals surface area contributed by atoms with Crippen LogP contribution in [0.3, 0.4) is 0 Å². The Hall–Kier alpha value is -1.84. The third-order valence-corrected chi connectivity index (χ3v) is 4.08. The molecule has 0 bridgehead atoms. The van der Waals surface area contributed by atoms with E-state index in [0.717, 1.165) is 42.7 Å². The molecule has 1 aliphatic rings. The fraction of sp³-hybridized carbons (Fsp3) is 0.556. The zero-order valence-electron chi connectivity index (χ0n) is 13.7. The number of methoxy groups -OCH3 is 1.